The van der Waals surface area contributed by atoms with E-state index in [0.29, 0.717) is 0 Å². The molecule has 0 spiro atoms. The number of aryl methyl sites for hydroxylation is 1. The van der Waals surface area contributed by atoms with E-state index in [2.05, 4.69) is 153 Å². The number of nitrogens with zero attached hydrogens (tertiary/aromatic N) is 2. The molecule has 1 aliphatic heterocycles. The smallest absolute Gasteiger partial charge is 0.262 e. The van der Waals surface area contributed by atoms with Gasteiger partial charge in [0.15, 0.2) is 0 Å². The average molecular weight is 598 g/mol. The Labute approximate surface area is 263 Å². The summed E-state index contributed by atoms with van der Waals surface area (Å²) >= 11 is 3.75. The quantitative estimate of drug-likeness (QED) is 0.147. The van der Waals surface area contributed by atoms with Crippen LogP contribution in [0.25, 0.3) is 37.8 Å². The predicted octanol–water partition coefficient (Wildman–Crippen LogP) is 10.8. The first kappa shape index (κ1) is 27.9. The molecule has 0 saturated heterocycles. The molecule has 0 bridgehead atoms. The lowest BCUT2D eigenvalue weighted by Gasteiger charge is -2.30. The molecule has 0 unspecified atom stereocenters. The molecule has 0 N–H and O–H groups in total. The third-order valence-electron chi connectivity index (χ3n) is 8.49. The Bertz CT molecular complexity index is 2030. The molecule has 214 valence electrons. The summed E-state index contributed by atoms with van der Waals surface area (Å²) in [6.45, 7) is 7.96. The zero-order valence-electron chi connectivity index (χ0n) is 25.3. The SMILES string of the molecule is CC[n+]1c(/C=C/C=C/C=C2C=C(/C=C3\Sc4ccc5ccccc5c4N3C)CC(C)(C)C/2)sc2ccc3ccccc3c21. The number of benzene rings is 4. The van der Waals surface area contributed by atoms with Gasteiger partial charge in [-0.2, -0.15) is 4.57 Å². The minimum atomic E-state index is 0.227. The lowest BCUT2D eigenvalue weighted by molar-refractivity contribution is -0.664. The van der Waals surface area contributed by atoms with E-state index >= 15 is 0 Å². The van der Waals surface area contributed by atoms with Crippen LogP contribution in [0.2, 0.25) is 0 Å². The fourth-order valence-corrected chi connectivity index (χ4v) is 8.94. The molecule has 1 aromatic heterocycles. The maximum atomic E-state index is 2.44. The summed E-state index contributed by atoms with van der Waals surface area (Å²) in [5.41, 5.74) is 5.68. The highest BCUT2D eigenvalue weighted by Crippen LogP contribution is 2.49. The molecule has 4 aromatic carbocycles. The van der Waals surface area contributed by atoms with Gasteiger partial charge in [-0.3, -0.25) is 0 Å². The summed E-state index contributed by atoms with van der Waals surface area (Å²) in [6, 6.07) is 26.4. The van der Waals surface area contributed by atoms with Gasteiger partial charge in [-0.05, 0) is 71.4 Å². The van der Waals surface area contributed by atoms with Crippen molar-refractivity contribution in [3.05, 3.63) is 130 Å². The highest BCUT2D eigenvalue weighted by Gasteiger charge is 2.28. The van der Waals surface area contributed by atoms with Crippen molar-refractivity contribution >= 4 is 66.6 Å². The Morgan fingerprint density at radius 1 is 0.860 bits per heavy atom. The zero-order valence-corrected chi connectivity index (χ0v) is 26.9. The third kappa shape index (κ3) is 5.39. The second-order valence-corrected chi connectivity index (χ2v) is 14.4. The van der Waals surface area contributed by atoms with Crippen LogP contribution in [0.1, 0.15) is 38.6 Å². The van der Waals surface area contributed by atoms with Crippen molar-refractivity contribution in [2.45, 2.75) is 45.1 Å². The van der Waals surface area contributed by atoms with Crippen molar-refractivity contribution in [1.29, 1.82) is 0 Å². The first-order chi connectivity index (χ1) is 20.9. The molecule has 0 radical (unpaired) electrons. The molecule has 1 aliphatic carbocycles. The Kier molecular flexibility index (Phi) is 7.36. The molecule has 0 atom stereocenters. The van der Waals surface area contributed by atoms with Gasteiger partial charge < -0.3 is 4.90 Å². The van der Waals surface area contributed by atoms with Crippen LogP contribution in [-0.4, -0.2) is 7.05 Å². The number of anilines is 1. The average Bonchev–Trinajstić information content (AvgIpc) is 3.53. The van der Waals surface area contributed by atoms with E-state index in [-0.39, 0.29) is 5.41 Å². The number of aromatic nitrogens is 1. The van der Waals surface area contributed by atoms with Crippen LogP contribution in [0.4, 0.5) is 5.69 Å². The van der Waals surface area contributed by atoms with Gasteiger partial charge in [0.1, 0.15) is 11.2 Å². The van der Waals surface area contributed by atoms with Crippen LogP contribution in [0.3, 0.4) is 0 Å². The van der Waals surface area contributed by atoms with E-state index in [1.807, 2.05) is 23.1 Å². The number of rotatable bonds is 5. The first-order valence-electron chi connectivity index (χ1n) is 15.1. The second kappa shape index (κ2) is 11.3. The number of hydrogen-bond acceptors (Lipinski definition) is 3. The van der Waals surface area contributed by atoms with Crippen molar-refractivity contribution in [3.63, 3.8) is 0 Å². The molecule has 0 amide bonds. The van der Waals surface area contributed by atoms with Crippen LogP contribution in [-0.2, 0) is 6.54 Å². The lowest BCUT2D eigenvalue weighted by Crippen LogP contribution is -2.33. The molecule has 0 fully saturated rings. The van der Waals surface area contributed by atoms with Gasteiger partial charge in [0.2, 0.25) is 5.52 Å². The maximum Gasteiger partial charge on any atom is 0.262 e. The highest BCUT2D eigenvalue weighted by atomic mass is 32.2. The monoisotopic (exact) mass is 597 g/mol. The molecular weight excluding hydrogens is 561 g/mol. The second-order valence-electron chi connectivity index (χ2n) is 12.3. The highest BCUT2D eigenvalue weighted by molar-refractivity contribution is 8.03. The fraction of sp³-hybridized carbons (Fsp3) is 0.205. The molecule has 43 heavy (non-hydrogen) atoms. The van der Waals surface area contributed by atoms with Gasteiger partial charge in [-0.15, -0.1) is 0 Å². The standard InChI is InChI=1S/C39H37N2S2/c1-5-41-35(42-34-22-20-30-15-10-12-17-32(30)38(34)41)18-8-6-7-13-27-23-28(26-39(2,3)25-27)24-36-40(4)37-31-16-11-9-14-29(31)19-21-33(37)43-36/h6-24H,5,25-26H2,1-4H3/q+1. The van der Waals surface area contributed by atoms with Crippen molar-refractivity contribution in [2.24, 2.45) is 5.41 Å². The first-order valence-corrected chi connectivity index (χ1v) is 16.8. The van der Waals surface area contributed by atoms with Crippen LogP contribution in [0.5, 0.6) is 0 Å². The van der Waals surface area contributed by atoms with Gasteiger partial charge in [-0.1, -0.05) is 122 Å². The third-order valence-corrected chi connectivity index (χ3v) is 10.8. The molecule has 5 aromatic rings. The Morgan fingerprint density at radius 3 is 2.42 bits per heavy atom. The van der Waals surface area contributed by atoms with Crippen LogP contribution in [0, 0.1) is 5.41 Å². The van der Waals surface area contributed by atoms with Crippen LogP contribution in [0.15, 0.2) is 130 Å². The molecule has 7 rings (SSSR count). The van der Waals surface area contributed by atoms with Gasteiger partial charge in [0.05, 0.1) is 16.1 Å². The molecule has 2 nitrogen and oxygen atoms in total. The molecule has 2 heterocycles. The van der Waals surface area contributed by atoms with E-state index in [9.17, 15) is 0 Å². The van der Waals surface area contributed by atoms with Crippen molar-refractivity contribution < 1.29 is 4.57 Å². The summed E-state index contributed by atoms with van der Waals surface area (Å²) in [5.74, 6) is 0. The minimum Gasteiger partial charge on any atom is -0.338 e. The summed E-state index contributed by atoms with van der Waals surface area (Å²) in [6.07, 6.45) is 18.1. The summed E-state index contributed by atoms with van der Waals surface area (Å²) in [5, 5.41) is 7.83. The van der Waals surface area contributed by atoms with Crippen molar-refractivity contribution in [3.8, 4) is 0 Å². The maximum absolute atomic E-state index is 2.44. The number of fused-ring (bicyclic) bond motifs is 6. The van der Waals surface area contributed by atoms with E-state index in [1.165, 1.54) is 63.5 Å². The largest absolute Gasteiger partial charge is 0.338 e. The van der Waals surface area contributed by atoms with E-state index in [0.717, 1.165) is 19.4 Å². The van der Waals surface area contributed by atoms with Gasteiger partial charge in [0, 0.05) is 23.4 Å². The van der Waals surface area contributed by atoms with E-state index in [4.69, 9.17) is 0 Å². The minimum absolute atomic E-state index is 0.227. The van der Waals surface area contributed by atoms with Crippen molar-refractivity contribution in [1.82, 2.24) is 0 Å². The summed E-state index contributed by atoms with van der Waals surface area (Å²) in [7, 11) is 2.21. The molecule has 2 aliphatic rings. The van der Waals surface area contributed by atoms with Crippen molar-refractivity contribution in [2.75, 3.05) is 11.9 Å². The lowest BCUT2D eigenvalue weighted by atomic mass is 9.75. The molecule has 4 heteroatoms. The number of thiazole rings is 1. The molecule has 0 saturated carbocycles. The Balaban J connectivity index is 1.13. The van der Waals surface area contributed by atoms with Gasteiger partial charge in [0.25, 0.3) is 5.01 Å². The number of allylic oxidation sites excluding steroid dienone is 8. The summed E-state index contributed by atoms with van der Waals surface area (Å²) in [4.78, 5) is 3.71. The van der Waals surface area contributed by atoms with Crippen LogP contribution >= 0.6 is 23.1 Å². The Hall–Kier alpha value is -3.86. The Morgan fingerprint density at radius 2 is 1.60 bits per heavy atom. The fourth-order valence-electron chi connectivity index (χ4n) is 6.64. The normalized spacial score (nSPS) is 18.7. The van der Waals surface area contributed by atoms with E-state index < -0.39 is 0 Å². The van der Waals surface area contributed by atoms with Gasteiger partial charge >= 0.3 is 0 Å². The summed E-state index contributed by atoms with van der Waals surface area (Å²) < 4.78 is 3.78. The predicted molar refractivity (Wildman–Crippen MR) is 189 cm³/mol. The van der Waals surface area contributed by atoms with Gasteiger partial charge in [-0.25, -0.2) is 0 Å². The van der Waals surface area contributed by atoms with Crippen LogP contribution < -0.4 is 9.47 Å². The number of thioether (sulfide) groups is 1. The topological polar surface area (TPSA) is 7.12 Å². The van der Waals surface area contributed by atoms with E-state index in [1.54, 1.807) is 0 Å². The number of hydrogen-bond donors (Lipinski definition) is 0. The zero-order chi connectivity index (χ0) is 29.6. The molecular formula is C39H37N2S2+.